The zero-order chi connectivity index (χ0) is 18.6. The number of rotatable bonds is 4. The van der Waals surface area contributed by atoms with Crippen LogP contribution in [0.25, 0.3) is 6.08 Å². The lowest BCUT2D eigenvalue weighted by Crippen LogP contribution is -2.47. The van der Waals surface area contributed by atoms with Gasteiger partial charge in [0.25, 0.3) is 0 Å². The van der Waals surface area contributed by atoms with Gasteiger partial charge in [-0.2, -0.15) is 0 Å². The highest BCUT2D eigenvalue weighted by Gasteiger charge is 2.22. The van der Waals surface area contributed by atoms with Gasteiger partial charge in [-0.15, -0.1) is 11.3 Å². The SMILES string of the molecule is CC(C)(C)c1csc(CN2CCN(C(=O)/C=C/c3ccccc3)CC2)n1. The van der Waals surface area contributed by atoms with Crippen LogP contribution in [-0.4, -0.2) is 46.9 Å². The predicted molar refractivity (Wildman–Crippen MR) is 108 cm³/mol. The molecule has 0 saturated carbocycles. The maximum atomic E-state index is 12.4. The van der Waals surface area contributed by atoms with Crippen molar-refractivity contribution in [2.75, 3.05) is 26.2 Å². The van der Waals surface area contributed by atoms with Crippen LogP contribution in [0.2, 0.25) is 0 Å². The summed E-state index contributed by atoms with van der Waals surface area (Å²) in [4.78, 5) is 21.5. The summed E-state index contributed by atoms with van der Waals surface area (Å²) in [5.41, 5.74) is 2.32. The molecule has 26 heavy (non-hydrogen) atoms. The number of piperazine rings is 1. The molecule has 0 unspecified atom stereocenters. The van der Waals surface area contributed by atoms with Crippen molar-refractivity contribution >= 4 is 23.3 Å². The zero-order valence-corrected chi connectivity index (χ0v) is 16.6. The van der Waals surface area contributed by atoms with Gasteiger partial charge in [0.2, 0.25) is 5.91 Å². The summed E-state index contributed by atoms with van der Waals surface area (Å²) in [5, 5.41) is 3.34. The second-order valence-corrected chi connectivity index (χ2v) is 8.66. The van der Waals surface area contributed by atoms with E-state index >= 15 is 0 Å². The number of thiazole rings is 1. The highest BCUT2D eigenvalue weighted by Crippen LogP contribution is 2.24. The zero-order valence-electron chi connectivity index (χ0n) is 15.8. The van der Waals surface area contributed by atoms with E-state index in [1.54, 1.807) is 17.4 Å². The molecular weight excluding hydrogens is 342 g/mol. The van der Waals surface area contributed by atoms with Crippen molar-refractivity contribution in [3.63, 3.8) is 0 Å². The van der Waals surface area contributed by atoms with E-state index in [-0.39, 0.29) is 11.3 Å². The molecule has 0 bridgehead atoms. The van der Waals surface area contributed by atoms with E-state index in [9.17, 15) is 4.79 Å². The van der Waals surface area contributed by atoms with Crippen LogP contribution in [0, 0.1) is 0 Å². The Morgan fingerprint density at radius 2 is 1.85 bits per heavy atom. The largest absolute Gasteiger partial charge is 0.337 e. The lowest BCUT2D eigenvalue weighted by atomic mass is 9.93. The van der Waals surface area contributed by atoms with Crippen LogP contribution in [0.1, 0.15) is 37.0 Å². The number of nitrogens with zero attached hydrogens (tertiary/aromatic N) is 3. The molecule has 0 spiro atoms. The average Bonchev–Trinajstić information content (AvgIpc) is 3.10. The molecule has 1 aromatic heterocycles. The van der Waals surface area contributed by atoms with Crippen LogP contribution >= 0.6 is 11.3 Å². The van der Waals surface area contributed by atoms with E-state index in [0.29, 0.717) is 0 Å². The molecule has 1 aliphatic heterocycles. The van der Waals surface area contributed by atoms with Gasteiger partial charge in [0.1, 0.15) is 5.01 Å². The van der Waals surface area contributed by atoms with Crippen molar-refractivity contribution in [1.82, 2.24) is 14.8 Å². The Morgan fingerprint density at radius 3 is 2.46 bits per heavy atom. The predicted octanol–water partition coefficient (Wildman–Crippen LogP) is 3.80. The summed E-state index contributed by atoms with van der Waals surface area (Å²) in [7, 11) is 0. The van der Waals surface area contributed by atoms with Crippen LogP contribution in [0.3, 0.4) is 0 Å². The molecule has 0 radical (unpaired) electrons. The Morgan fingerprint density at radius 1 is 1.15 bits per heavy atom. The Bertz CT molecular complexity index is 753. The van der Waals surface area contributed by atoms with Gasteiger partial charge in [-0.05, 0) is 11.6 Å². The van der Waals surface area contributed by atoms with Crippen LogP contribution in [0.15, 0.2) is 41.8 Å². The highest BCUT2D eigenvalue weighted by molar-refractivity contribution is 7.09. The monoisotopic (exact) mass is 369 g/mol. The van der Waals surface area contributed by atoms with Crippen LogP contribution in [0.5, 0.6) is 0 Å². The van der Waals surface area contributed by atoms with E-state index in [2.05, 4.69) is 31.1 Å². The van der Waals surface area contributed by atoms with E-state index in [1.165, 1.54) is 5.01 Å². The second kappa shape index (κ2) is 8.14. The standard InChI is InChI=1S/C21H27N3OS/c1-21(2,3)18-16-26-19(22-18)15-23-11-13-24(14-12-23)20(25)10-9-17-7-5-4-6-8-17/h4-10,16H,11-15H2,1-3H3/b10-9+. The summed E-state index contributed by atoms with van der Waals surface area (Å²) in [6, 6.07) is 9.94. The number of amides is 1. The van der Waals surface area contributed by atoms with Crippen molar-refractivity contribution in [2.45, 2.75) is 32.7 Å². The second-order valence-electron chi connectivity index (χ2n) is 7.72. The first-order chi connectivity index (χ1) is 12.4. The van der Waals surface area contributed by atoms with Crippen LogP contribution in [-0.2, 0) is 16.8 Å². The minimum Gasteiger partial charge on any atom is -0.337 e. The van der Waals surface area contributed by atoms with Gasteiger partial charge >= 0.3 is 0 Å². The molecule has 1 fully saturated rings. The summed E-state index contributed by atoms with van der Waals surface area (Å²) in [5.74, 6) is 0.0952. The fourth-order valence-electron chi connectivity index (χ4n) is 2.88. The Hall–Kier alpha value is -1.98. The van der Waals surface area contributed by atoms with Gasteiger partial charge in [0.05, 0.1) is 12.2 Å². The van der Waals surface area contributed by atoms with Crippen molar-refractivity contribution < 1.29 is 4.79 Å². The topological polar surface area (TPSA) is 36.4 Å². The molecule has 1 aromatic carbocycles. The van der Waals surface area contributed by atoms with Crippen LogP contribution in [0.4, 0.5) is 0 Å². The van der Waals surface area contributed by atoms with E-state index < -0.39 is 0 Å². The third-order valence-electron chi connectivity index (χ3n) is 4.58. The highest BCUT2D eigenvalue weighted by atomic mass is 32.1. The van der Waals surface area contributed by atoms with Gasteiger partial charge in [-0.25, -0.2) is 4.98 Å². The van der Waals surface area contributed by atoms with E-state index in [4.69, 9.17) is 4.98 Å². The lowest BCUT2D eigenvalue weighted by Gasteiger charge is -2.33. The first-order valence-electron chi connectivity index (χ1n) is 9.11. The molecule has 138 valence electrons. The van der Waals surface area contributed by atoms with Crippen molar-refractivity contribution in [1.29, 1.82) is 0 Å². The summed E-state index contributed by atoms with van der Waals surface area (Å²) in [6.07, 6.45) is 3.57. The number of aromatic nitrogens is 1. The Balaban J connectivity index is 1.49. The Kier molecular flexibility index (Phi) is 5.89. The maximum absolute atomic E-state index is 12.4. The van der Waals surface area contributed by atoms with Crippen molar-refractivity contribution in [3.8, 4) is 0 Å². The van der Waals surface area contributed by atoms with Crippen LogP contribution < -0.4 is 0 Å². The molecule has 1 aliphatic rings. The van der Waals surface area contributed by atoms with Gasteiger partial charge < -0.3 is 4.90 Å². The molecular formula is C21H27N3OS. The molecule has 3 rings (SSSR count). The summed E-state index contributed by atoms with van der Waals surface area (Å²) < 4.78 is 0. The molecule has 5 heteroatoms. The summed E-state index contributed by atoms with van der Waals surface area (Å²) >= 11 is 1.74. The molecule has 1 amide bonds. The molecule has 0 N–H and O–H groups in total. The molecule has 2 aromatic rings. The molecule has 4 nitrogen and oxygen atoms in total. The summed E-state index contributed by atoms with van der Waals surface area (Å²) in [6.45, 7) is 10.8. The molecule has 0 atom stereocenters. The third kappa shape index (κ3) is 5.02. The average molecular weight is 370 g/mol. The Labute approximate surface area is 160 Å². The quantitative estimate of drug-likeness (QED) is 0.769. The third-order valence-corrected chi connectivity index (χ3v) is 5.41. The van der Waals surface area contributed by atoms with E-state index in [1.807, 2.05) is 41.3 Å². The fourth-order valence-corrected chi connectivity index (χ4v) is 3.94. The number of carbonyl (C=O) groups excluding carboxylic acids is 1. The minimum absolute atomic E-state index is 0.0952. The smallest absolute Gasteiger partial charge is 0.246 e. The van der Waals surface area contributed by atoms with Crippen molar-refractivity contribution in [3.05, 3.63) is 58.1 Å². The molecule has 0 aliphatic carbocycles. The number of benzene rings is 1. The normalized spacial score (nSPS) is 16.3. The minimum atomic E-state index is 0.0952. The van der Waals surface area contributed by atoms with Gasteiger partial charge in [0.15, 0.2) is 0 Å². The number of hydrogen-bond donors (Lipinski definition) is 0. The lowest BCUT2D eigenvalue weighted by molar-refractivity contribution is -0.127. The number of hydrogen-bond acceptors (Lipinski definition) is 4. The first-order valence-corrected chi connectivity index (χ1v) is 9.99. The van der Waals surface area contributed by atoms with Gasteiger partial charge in [0, 0.05) is 43.1 Å². The van der Waals surface area contributed by atoms with Gasteiger partial charge in [-0.1, -0.05) is 51.1 Å². The fraction of sp³-hybridized carbons (Fsp3) is 0.429. The van der Waals surface area contributed by atoms with Gasteiger partial charge in [-0.3, -0.25) is 9.69 Å². The van der Waals surface area contributed by atoms with Crippen molar-refractivity contribution in [2.24, 2.45) is 0 Å². The first kappa shape index (κ1) is 18.8. The van der Waals surface area contributed by atoms with E-state index in [0.717, 1.165) is 44.0 Å². The molecule has 2 heterocycles. The molecule has 1 saturated heterocycles. The number of carbonyl (C=O) groups is 1. The maximum Gasteiger partial charge on any atom is 0.246 e.